The highest BCUT2D eigenvalue weighted by Gasteiger charge is 2.52. The van der Waals surface area contributed by atoms with E-state index in [1.807, 2.05) is 0 Å². The Kier molecular flexibility index (Phi) is 9.45. The van der Waals surface area contributed by atoms with E-state index in [1.54, 1.807) is 26.8 Å². The monoisotopic (exact) mass is 620 g/mol. The Hall–Kier alpha value is -3.59. The molecule has 1 saturated carbocycles. The number of fused-ring (bicyclic) bond motifs is 2. The summed E-state index contributed by atoms with van der Waals surface area (Å²) in [6.07, 6.45) is -0.313. The summed E-state index contributed by atoms with van der Waals surface area (Å²) in [5.41, 5.74) is 0.152. The molecule has 2 fully saturated rings. The molecule has 0 aromatic heterocycles. The van der Waals surface area contributed by atoms with E-state index < -0.39 is 52.3 Å². The number of nitrogens with zero attached hydrogens (tertiary/aromatic N) is 2. The van der Waals surface area contributed by atoms with E-state index in [0.29, 0.717) is 17.5 Å². The van der Waals surface area contributed by atoms with Crippen molar-refractivity contribution in [2.45, 2.75) is 81.9 Å². The van der Waals surface area contributed by atoms with Crippen molar-refractivity contribution in [1.82, 2.24) is 4.90 Å². The van der Waals surface area contributed by atoms with Gasteiger partial charge in [0.2, 0.25) is 0 Å². The minimum absolute atomic E-state index is 0.00373. The van der Waals surface area contributed by atoms with Gasteiger partial charge in [0, 0.05) is 18.7 Å². The lowest BCUT2D eigenvalue weighted by Gasteiger charge is -2.35. The maximum atomic E-state index is 15.3. The summed E-state index contributed by atoms with van der Waals surface area (Å²) in [4.78, 5) is 27.6. The number of carbonyl (C=O) groups excluding carboxylic acids is 2. The number of alkyl halides is 2. The molecule has 1 heterocycles. The lowest BCUT2D eigenvalue weighted by atomic mass is 9.87. The van der Waals surface area contributed by atoms with Gasteiger partial charge < -0.3 is 9.47 Å². The standard InChI is InChI=1S/C31H35F3N2O6S/c1-31(2,3)42-30(38)36-23-9-7-22(13-23)29(36)25(37)12-18(16-35)11-21-6-5-19(14-24(21)32)20-8-10-27(43(4,39)40)26(15-20)41-17-28(33)34/h5-6,8,10,14-15,18,22-23,28-29H,7,9,11-13,17H2,1-4H3/t18-,22+,23-,29+/m1/s1. The number of hydrogen-bond acceptors (Lipinski definition) is 7. The maximum absolute atomic E-state index is 15.3. The van der Waals surface area contributed by atoms with E-state index in [2.05, 4.69) is 6.07 Å². The number of benzene rings is 2. The number of ketones is 1. The normalized spacial score (nSPS) is 20.6. The van der Waals surface area contributed by atoms with Crippen molar-refractivity contribution in [2.24, 2.45) is 11.8 Å². The van der Waals surface area contributed by atoms with Crippen molar-refractivity contribution < 1.29 is 40.7 Å². The third kappa shape index (κ3) is 7.68. The molecule has 4 rings (SSSR count). The van der Waals surface area contributed by atoms with Gasteiger partial charge in [-0.2, -0.15) is 5.26 Å². The largest absolute Gasteiger partial charge is 0.486 e. The van der Waals surface area contributed by atoms with Crippen LogP contribution in [0.5, 0.6) is 5.75 Å². The Balaban J connectivity index is 1.49. The number of amides is 1. The molecular weight excluding hydrogens is 585 g/mol. The smallest absolute Gasteiger partial charge is 0.411 e. The summed E-state index contributed by atoms with van der Waals surface area (Å²) in [6.45, 7) is 4.26. The number of ether oxygens (including phenoxy) is 2. The van der Waals surface area contributed by atoms with Crippen LogP contribution in [0.3, 0.4) is 0 Å². The number of hydrogen-bond donors (Lipinski definition) is 0. The predicted octanol–water partition coefficient (Wildman–Crippen LogP) is 5.97. The highest BCUT2D eigenvalue weighted by atomic mass is 32.2. The molecule has 0 unspecified atom stereocenters. The molecule has 1 saturated heterocycles. The van der Waals surface area contributed by atoms with Gasteiger partial charge in [0.25, 0.3) is 6.43 Å². The van der Waals surface area contributed by atoms with Gasteiger partial charge in [-0.25, -0.2) is 26.4 Å². The molecule has 2 aliphatic rings. The quantitative estimate of drug-likeness (QED) is 0.322. The summed E-state index contributed by atoms with van der Waals surface area (Å²) in [5.74, 6) is -2.00. The number of halogens is 3. The summed E-state index contributed by atoms with van der Waals surface area (Å²) >= 11 is 0. The summed E-state index contributed by atoms with van der Waals surface area (Å²) in [7, 11) is -3.78. The van der Waals surface area contributed by atoms with E-state index in [4.69, 9.17) is 9.47 Å². The number of nitriles is 1. The van der Waals surface area contributed by atoms with Crippen molar-refractivity contribution in [2.75, 3.05) is 12.9 Å². The van der Waals surface area contributed by atoms with Crippen LogP contribution in [0.15, 0.2) is 41.3 Å². The minimum Gasteiger partial charge on any atom is -0.486 e. The minimum atomic E-state index is -3.78. The lowest BCUT2D eigenvalue weighted by Crippen LogP contribution is -2.51. The third-order valence-corrected chi connectivity index (χ3v) is 8.85. The van der Waals surface area contributed by atoms with Crippen LogP contribution in [0.1, 0.15) is 52.0 Å². The SMILES string of the molecule is CC(C)(C)OC(=O)N1[C@@H]2CC[C@@H](C2)[C@H]1C(=O)C[C@H](C#N)Cc1ccc(-c2ccc(S(C)(=O)=O)c(OCC(F)F)c2)cc1F. The lowest BCUT2D eigenvalue weighted by molar-refractivity contribution is -0.126. The molecule has 1 amide bonds. The zero-order chi connectivity index (χ0) is 31.7. The average Bonchev–Trinajstić information content (AvgIpc) is 3.53. The molecule has 232 valence electrons. The van der Waals surface area contributed by atoms with Gasteiger partial charge in [-0.3, -0.25) is 9.69 Å². The first-order chi connectivity index (χ1) is 20.1. The fraction of sp³-hybridized carbons (Fsp3) is 0.516. The van der Waals surface area contributed by atoms with Crippen LogP contribution in [0.2, 0.25) is 0 Å². The van der Waals surface area contributed by atoms with Gasteiger partial charge in [0.15, 0.2) is 15.6 Å². The van der Waals surface area contributed by atoms with Crippen LogP contribution >= 0.6 is 0 Å². The zero-order valence-corrected chi connectivity index (χ0v) is 25.3. The average molecular weight is 621 g/mol. The Morgan fingerprint density at radius 1 is 1.12 bits per heavy atom. The fourth-order valence-corrected chi connectivity index (χ4v) is 6.72. The Morgan fingerprint density at radius 2 is 1.79 bits per heavy atom. The number of carbonyl (C=O) groups is 2. The first-order valence-corrected chi connectivity index (χ1v) is 15.9. The number of likely N-dealkylation sites (tertiary alicyclic amines) is 1. The van der Waals surface area contributed by atoms with Crippen molar-refractivity contribution in [3.8, 4) is 22.9 Å². The van der Waals surface area contributed by atoms with Crippen molar-refractivity contribution >= 4 is 21.7 Å². The van der Waals surface area contributed by atoms with Crippen molar-refractivity contribution in [3.05, 3.63) is 47.8 Å². The molecule has 2 bridgehead atoms. The highest BCUT2D eigenvalue weighted by Crippen LogP contribution is 2.44. The number of sulfone groups is 1. The van der Waals surface area contributed by atoms with Crippen LogP contribution in [0, 0.1) is 29.0 Å². The Bertz CT molecular complexity index is 1530. The first-order valence-electron chi connectivity index (χ1n) is 14.0. The molecule has 12 heteroatoms. The molecule has 2 aromatic rings. The van der Waals surface area contributed by atoms with Crippen LogP contribution in [0.4, 0.5) is 18.0 Å². The van der Waals surface area contributed by atoms with Gasteiger partial charge in [0.1, 0.15) is 28.7 Å². The van der Waals surface area contributed by atoms with Gasteiger partial charge in [-0.15, -0.1) is 0 Å². The summed E-state index contributed by atoms with van der Waals surface area (Å²) in [6, 6.07) is 9.46. The topological polar surface area (TPSA) is 114 Å². The first kappa shape index (κ1) is 32.3. The molecule has 0 spiro atoms. The Labute approximate surface area is 249 Å². The second kappa shape index (κ2) is 12.6. The maximum Gasteiger partial charge on any atom is 0.411 e. The van der Waals surface area contributed by atoms with E-state index in [0.717, 1.165) is 19.1 Å². The molecule has 2 aromatic carbocycles. The van der Waals surface area contributed by atoms with Crippen LogP contribution in [-0.4, -0.2) is 62.2 Å². The van der Waals surface area contributed by atoms with Crippen LogP contribution in [-0.2, 0) is 25.8 Å². The molecule has 0 N–H and O–H groups in total. The molecule has 1 aliphatic heterocycles. The molecule has 0 radical (unpaired) electrons. The zero-order valence-electron chi connectivity index (χ0n) is 24.5. The van der Waals surface area contributed by atoms with Crippen LogP contribution in [0.25, 0.3) is 11.1 Å². The number of Topliss-reactive ketones (excluding diaryl/α,β-unsaturated/α-hetero) is 1. The van der Waals surface area contributed by atoms with Crippen molar-refractivity contribution in [1.29, 1.82) is 5.26 Å². The fourth-order valence-electron chi connectivity index (χ4n) is 5.93. The molecule has 1 aliphatic carbocycles. The molecular formula is C31H35F3N2O6S. The molecule has 4 atom stereocenters. The predicted molar refractivity (Wildman–Crippen MR) is 152 cm³/mol. The molecule has 43 heavy (non-hydrogen) atoms. The summed E-state index contributed by atoms with van der Waals surface area (Å²) in [5, 5.41) is 9.83. The van der Waals surface area contributed by atoms with E-state index in [9.17, 15) is 32.0 Å². The van der Waals surface area contributed by atoms with Gasteiger partial charge in [-0.05, 0) is 87.3 Å². The van der Waals surface area contributed by atoms with Crippen LogP contribution < -0.4 is 4.74 Å². The third-order valence-electron chi connectivity index (χ3n) is 7.71. The van der Waals surface area contributed by atoms with Gasteiger partial charge in [-0.1, -0.05) is 18.2 Å². The second-order valence-electron chi connectivity index (χ2n) is 12.2. The highest BCUT2D eigenvalue weighted by molar-refractivity contribution is 7.90. The number of piperidine rings is 1. The summed E-state index contributed by atoms with van der Waals surface area (Å²) < 4.78 is 75.4. The van der Waals surface area contributed by atoms with Gasteiger partial charge >= 0.3 is 6.09 Å². The number of rotatable bonds is 10. The van der Waals surface area contributed by atoms with Crippen molar-refractivity contribution in [3.63, 3.8) is 0 Å². The molecule has 8 nitrogen and oxygen atoms in total. The van der Waals surface area contributed by atoms with E-state index in [1.165, 1.54) is 35.2 Å². The van der Waals surface area contributed by atoms with E-state index >= 15 is 4.39 Å². The van der Waals surface area contributed by atoms with E-state index in [-0.39, 0.29) is 46.8 Å². The Morgan fingerprint density at radius 3 is 2.40 bits per heavy atom. The second-order valence-corrected chi connectivity index (χ2v) is 14.2. The van der Waals surface area contributed by atoms with Gasteiger partial charge in [0.05, 0.1) is 18.0 Å².